The molecule has 1 heterocycles. The van der Waals surface area contributed by atoms with Crippen LogP contribution in [0.15, 0.2) is 16.9 Å². The van der Waals surface area contributed by atoms with Crippen LogP contribution in [0.25, 0.3) is 0 Å². The number of aliphatic carboxylic acids is 1. The molecule has 0 amide bonds. The van der Waals surface area contributed by atoms with E-state index >= 15 is 0 Å². The molecule has 4 nitrogen and oxygen atoms in total. The smallest absolute Gasteiger partial charge is 0.432 e. The van der Waals surface area contributed by atoms with Gasteiger partial charge in [-0.1, -0.05) is 0 Å². The summed E-state index contributed by atoms with van der Waals surface area (Å²) in [5, 5.41) is 8.56. The van der Waals surface area contributed by atoms with Crippen LogP contribution >= 0.6 is 0 Å². The third-order valence-corrected chi connectivity index (χ3v) is 1.76. The zero-order valence-corrected chi connectivity index (χ0v) is 7.12. The molecule has 0 aromatic heterocycles. The van der Waals surface area contributed by atoms with Gasteiger partial charge in [-0.2, -0.15) is 13.2 Å². The Balaban J connectivity index is 2.96. The molecule has 1 N–H and O–H groups in total. The highest BCUT2D eigenvalue weighted by Gasteiger charge is 2.41. The van der Waals surface area contributed by atoms with Gasteiger partial charge < -0.3 is 10.0 Å². The fourth-order valence-electron chi connectivity index (χ4n) is 1.04. The van der Waals surface area contributed by atoms with Crippen LogP contribution in [0, 0.1) is 0 Å². The predicted octanol–water partition coefficient (Wildman–Crippen LogP) is 0.860. The van der Waals surface area contributed by atoms with E-state index in [1.54, 1.807) is 0 Å². The molecule has 0 saturated carbocycles. The Morgan fingerprint density at radius 2 is 2.21 bits per heavy atom. The van der Waals surface area contributed by atoms with Gasteiger partial charge in [0.1, 0.15) is 5.70 Å². The van der Waals surface area contributed by atoms with Crippen LogP contribution < -0.4 is 0 Å². The summed E-state index contributed by atoms with van der Waals surface area (Å²) in [4.78, 5) is 14.4. The Kier molecular flexibility index (Phi) is 2.50. The molecule has 0 spiro atoms. The van der Waals surface area contributed by atoms with Gasteiger partial charge in [-0.25, -0.2) is 4.79 Å². The van der Waals surface area contributed by atoms with Crippen LogP contribution in [-0.4, -0.2) is 41.5 Å². The first-order chi connectivity index (χ1) is 6.34. The van der Waals surface area contributed by atoms with Crippen molar-refractivity contribution in [1.82, 2.24) is 4.90 Å². The molecule has 1 rings (SSSR count). The van der Waals surface area contributed by atoms with E-state index in [1.165, 1.54) is 0 Å². The molecular formula is C7H7F3N2O2. The van der Waals surface area contributed by atoms with Gasteiger partial charge in [-0.15, -0.1) is 0 Å². The maximum Gasteiger partial charge on any atom is 0.432 e. The number of aliphatic imine (C=N–C) groups is 1. The van der Waals surface area contributed by atoms with Crippen LogP contribution in [0.1, 0.15) is 0 Å². The Hall–Kier alpha value is -1.53. The molecule has 0 saturated heterocycles. The second-order valence-corrected chi connectivity index (χ2v) is 2.70. The number of carbonyl (C=O) groups is 1. The van der Waals surface area contributed by atoms with Crippen LogP contribution in [-0.2, 0) is 4.79 Å². The average molecular weight is 208 g/mol. The predicted molar refractivity (Wildman–Crippen MR) is 41.8 cm³/mol. The lowest BCUT2D eigenvalue weighted by molar-refractivity contribution is -0.142. The molecule has 0 aliphatic carbocycles. The fraction of sp³-hybridized carbons (Fsp3) is 0.429. The lowest BCUT2D eigenvalue weighted by atomic mass is 10.2. The van der Waals surface area contributed by atoms with Crippen molar-refractivity contribution in [2.75, 3.05) is 7.05 Å². The highest BCUT2D eigenvalue weighted by Crippen LogP contribution is 2.30. The second-order valence-electron chi connectivity index (χ2n) is 2.70. The molecule has 0 radical (unpaired) electrons. The van der Waals surface area contributed by atoms with Crippen molar-refractivity contribution < 1.29 is 23.1 Å². The summed E-state index contributed by atoms with van der Waals surface area (Å²) in [5.41, 5.74) is -1.06. The topological polar surface area (TPSA) is 52.9 Å². The van der Waals surface area contributed by atoms with Gasteiger partial charge in [0.15, 0.2) is 6.04 Å². The quantitative estimate of drug-likeness (QED) is 0.695. The number of halogens is 3. The van der Waals surface area contributed by atoms with Gasteiger partial charge >= 0.3 is 12.1 Å². The third kappa shape index (κ3) is 1.86. The largest absolute Gasteiger partial charge is 0.479 e. The van der Waals surface area contributed by atoms with Gasteiger partial charge in [0.25, 0.3) is 0 Å². The van der Waals surface area contributed by atoms with E-state index in [-0.39, 0.29) is 0 Å². The van der Waals surface area contributed by atoms with Crippen molar-refractivity contribution in [2.24, 2.45) is 4.99 Å². The van der Waals surface area contributed by atoms with Crippen molar-refractivity contribution in [3.05, 3.63) is 11.9 Å². The van der Waals surface area contributed by atoms with Gasteiger partial charge in [0.2, 0.25) is 0 Å². The van der Waals surface area contributed by atoms with Crippen molar-refractivity contribution in [3.8, 4) is 0 Å². The van der Waals surface area contributed by atoms with Crippen LogP contribution in [0.4, 0.5) is 13.2 Å². The molecule has 1 atom stereocenters. The third-order valence-electron chi connectivity index (χ3n) is 1.76. The standard InChI is InChI=1S/C7H7F3N2O2/c1-12-4(6(13)14)2-11-3-5(12)7(8,9)10/h2-4H,1H3,(H,13,14). The van der Waals surface area contributed by atoms with Gasteiger partial charge in [0, 0.05) is 13.3 Å². The molecule has 78 valence electrons. The molecule has 1 unspecified atom stereocenters. The first kappa shape index (κ1) is 10.6. The lowest BCUT2D eigenvalue weighted by Gasteiger charge is -2.29. The molecule has 1 aliphatic heterocycles. The molecule has 14 heavy (non-hydrogen) atoms. The Bertz CT molecular complexity index is 309. The lowest BCUT2D eigenvalue weighted by Crippen LogP contribution is -2.44. The number of rotatable bonds is 1. The molecule has 7 heteroatoms. The summed E-state index contributed by atoms with van der Waals surface area (Å²) in [6.07, 6.45) is -3.04. The number of carboxylic acids is 1. The van der Waals surface area contributed by atoms with Gasteiger partial charge in [-0.05, 0) is 0 Å². The minimum atomic E-state index is -4.58. The number of nitrogens with zero attached hydrogens (tertiary/aromatic N) is 2. The van der Waals surface area contributed by atoms with E-state index in [2.05, 4.69) is 4.99 Å². The van der Waals surface area contributed by atoms with Crippen LogP contribution in [0.3, 0.4) is 0 Å². The summed E-state index contributed by atoms with van der Waals surface area (Å²) in [5.74, 6) is -1.37. The van der Waals surface area contributed by atoms with Crippen LogP contribution in [0.5, 0.6) is 0 Å². The summed E-state index contributed by atoms with van der Waals surface area (Å²) in [7, 11) is 1.06. The fourth-order valence-corrected chi connectivity index (χ4v) is 1.04. The zero-order valence-electron chi connectivity index (χ0n) is 7.12. The highest BCUT2D eigenvalue weighted by molar-refractivity contribution is 5.94. The summed E-state index contributed by atoms with van der Waals surface area (Å²) < 4.78 is 36.8. The molecule has 0 bridgehead atoms. The minimum Gasteiger partial charge on any atom is -0.479 e. The molecule has 0 aromatic carbocycles. The highest BCUT2D eigenvalue weighted by atomic mass is 19.4. The normalized spacial score (nSPS) is 22.1. The summed E-state index contributed by atoms with van der Waals surface area (Å²) >= 11 is 0. The maximum absolute atomic E-state index is 12.3. The number of likely N-dealkylation sites (N-methyl/N-ethyl adjacent to an activating group) is 1. The number of alkyl halides is 3. The maximum atomic E-state index is 12.3. The average Bonchev–Trinajstić information content (AvgIpc) is 2.01. The van der Waals surface area contributed by atoms with E-state index in [0.717, 1.165) is 13.3 Å². The minimum absolute atomic E-state index is 0.597. The van der Waals surface area contributed by atoms with E-state index in [0.29, 0.717) is 11.1 Å². The van der Waals surface area contributed by atoms with E-state index in [4.69, 9.17) is 5.11 Å². The van der Waals surface area contributed by atoms with Gasteiger partial charge in [-0.3, -0.25) is 4.99 Å². The molecule has 0 fully saturated rings. The van der Waals surface area contributed by atoms with Crippen molar-refractivity contribution >= 4 is 12.2 Å². The summed E-state index contributed by atoms with van der Waals surface area (Å²) in [6, 6.07) is -1.36. The Labute approximate surface area is 77.3 Å². The van der Waals surface area contributed by atoms with E-state index in [1.807, 2.05) is 0 Å². The first-order valence-electron chi connectivity index (χ1n) is 3.60. The van der Waals surface area contributed by atoms with Crippen molar-refractivity contribution in [1.29, 1.82) is 0 Å². The molecule has 1 aliphatic rings. The second kappa shape index (κ2) is 3.32. The van der Waals surface area contributed by atoms with E-state index in [9.17, 15) is 18.0 Å². The molecular weight excluding hydrogens is 201 g/mol. The number of carboxylic acid groups (broad SMARTS) is 1. The first-order valence-corrected chi connectivity index (χ1v) is 3.60. The zero-order chi connectivity index (χ0) is 10.9. The number of allylic oxidation sites excluding steroid dienone is 1. The van der Waals surface area contributed by atoms with Crippen molar-refractivity contribution in [2.45, 2.75) is 12.2 Å². The van der Waals surface area contributed by atoms with Crippen molar-refractivity contribution in [3.63, 3.8) is 0 Å². The Morgan fingerprint density at radius 1 is 1.64 bits per heavy atom. The SMILES string of the molecule is CN1C(C(F)(F)F)=CN=CC1C(=O)O. The van der Waals surface area contributed by atoms with E-state index < -0.39 is 23.9 Å². The number of hydrogen-bond acceptors (Lipinski definition) is 3. The number of hydrogen-bond donors (Lipinski definition) is 1. The van der Waals surface area contributed by atoms with Gasteiger partial charge in [0.05, 0.1) is 6.20 Å². The Morgan fingerprint density at radius 3 is 2.64 bits per heavy atom. The summed E-state index contributed by atoms with van der Waals surface area (Å²) in [6.45, 7) is 0. The van der Waals surface area contributed by atoms with Crippen LogP contribution in [0.2, 0.25) is 0 Å². The molecule has 0 aromatic rings. The monoisotopic (exact) mass is 208 g/mol.